The first-order chi connectivity index (χ1) is 29.3. The van der Waals surface area contributed by atoms with Crippen LogP contribution in [0, 0.1) is 18.5 Å². The summed E-state index contributed by atoms with van der Waals surface area (Å²) in [7, 11) is 0. The number of pyridine rings is 1. The summed E-state index contributed by atoms with van der Waals surface area (Å²) in [5.41, 5.74) is 13.4. The van der Waals surface area contributed by atoms with Gasteiger partial charge in [-0.2, -0.15) is 12.1 Å². The molecule has 4 heterocycles. The Kier molecular flexibility index (Phi) is 9.30. The summed E-state index contributed by atoms with van der Waals surface area (Å²) < 4.78 is 14.1. The molecule has 0 fully saturated rings. The summed E-state index contributed by atoms with van der Waals surface area (Å²) in [6, 6.07) is 62.4. The van der Waals surface area contributed by atoms with Crippen molar-refractivity contribution in [2.24, 2.45) is 0 Å². The Morgan fingerprint density at radius 1 is 0.590 bits per heavy atom. The largest absolute Gasteiger partial charge is 0.510 e. The minimum atomic E-state index is -0.244. The van der Waals surface area contributed by atoms with E-state index in [1.807, 2.05) is 72.8 Å². The third kappa shape index (κ3) is 6.36. The van der Waals surface area contributed by atoms with Gasteiger partial charge in [0.25, 0.3) is 6.33 Å². The number of para-hydroxylation sites is 3. The summed E-state index contributed by atoms with van der Waals surface area (Å²) in [5, 5.41) is 0. The third-order valence-electron chi connectivity index (χ3n) is 11.3. The second-order valence-electron chi connectivity index (χ2n) is 16.1. The molecule has 0 radical (unpaired) electrons. The van der Waals surface area contributed by atoms with Gasteiger partial charge < -0.3 is 13.9 Å². The van der Waals surface area contributed by atoms with Gasteiger partial charge in [-0.3, -0.25) is 9.13 Å². The normalized spacial score (nSPS) is 11.8. The smallest absolute Gasteiger partial charge is 0.326 e. The van der Waals surface area contributed by atoms with E-state index in [4.69, 9.17) is 4.74 Å². The van der Waals surface area contributed by atoms with Gasteiger partial charge in [0.1, 0.15) is 5.82 Å². The molecular formula is C53H37N5O2Pt-2. The van der Waals surface area contributed by atoms with E-state index in [-0.39, 0.29) is 32.2 Å². The minimum Gasteiger partial charge on any atom is -0.510 e. The van der Waals surface area contributed by atoms with Crippen molar-refractivity contribution in [1.29, 1.82) is 0 Å². The van der Waals surface area contributed by atoms with Crippen LogP contribution < -0.4 is 15.0 Å². The molecule has 11 rings (SSSR count). The van der Waals surface area contributed by atoms with E-state index in [9.17, 15) is 4.79 Å². The van der Waals surface area contributed by atoms with Crippen LogP contribution in [0.1, 0.15) is 26.3 Å². The Labute approximate surface area is 367 Å². The number of aromatic nitrogens is 5. The number of hydrogen-bond donors (Lipinski definition) is 0. The maximum absolute atomic E-state index is 14.4. The minimum absolute atomic E-state index is 0. The molecule has 0 saturated heterocycles. The number of benzene rings is 7. The molecule has 7 aromatic carbocycles. The molecule has 0 saturated carbocycles. The molecule has 0 aliphatic carbocycles. The van der Waals surface area contributed by atoms with E-state index < -0.39 is 0 Å². The van der Waals surface area contributed by atoms with Crippen LogP contribution in [0.3, 0.4) is 0 Å². The number of fused-ring (bicyclic) bond motifs is 8. The van der Waals surface area contributed by atoms with Crippen molar-refractivity contribution in [3.63, 3.8) is 0 Å². The predicted molar refractivity (Wildman–Crippen MR) is 237 cm³/mol. The Bertz CT molecular complexity index is 3370. The molecule has 0 bridgehead atoms. The van der Waals surface area contributed by atoms with Gasteiger partial charge in [0.05, 0.1) is 16.7 Å². The standard InChI is InChI=1S/C53H37N5O2.Pt/c1-53(2,3)35-29-30-54-50(31-35)58-49-33-39(27-28-47(49)57(52(58)59)36-15-5-4-6-16-36)60-38-18-13-17-37(32-38)55-34-56-46-25-12-11-23-44(46)42-21-9-7-19-40(42)41-20-8-10-22-43(41)45-24-14-26-48(55)51(45)56;/h4-31H,1-3H3;/q-2;. The van der Waals surface area contributed by atoms with Crippen molar-refractivity contribution in [3.8, 4) is 67.8 Å². The molecule has 0 amide bonds. The van der Waals surface area contributed by atoms with E-state index in [1.165, 1.54) is 11.1 Å². The summed E-state index contributed by atoms with van der Waals surface area (Å²) in [4.78, 5) is 19.0. The van der Waals surface area contributed by atoms with Crippen molar-refractivity contribution < 1.29 is 30.4 Å². The fourth-order valence-corrected chi connectivity index (χ4v) is 8.48. The maximum atomic E-state index is 14.4. The molecular weight excluding hydrogens is 934 g/mol. The summed E-state index contributed by atoms with van der Waals surface area (Å²) in [6.45, 7) is 6.44. The van der Waals surface area contributed by atoms with Gasteiger partial charge in [0.15, 0.2) is 0 Å². The fraction of sp³-hybridized carbons (Fsp3) is 0.0755. The number of imidazole rings is 2. The van der Waals surface area contributed by atoms with Gasteiger partial charge >= 0.3 is 5.69 Å². The Morgan fingerprint density at radius 2 is 1.21 bits per heavy atom. The monoisotopic (exact) mass is 970 g/mol. The molecule has 1 aliphatic rings. The average molecular weight is 971 g/mol. The van der Waals surface area contributed by atoms with Gasteiger partial charge in [0.2, 0.25) is 0 Å². The van der Waals surface area contributed by atoms with Crippen molar-refractivity contribution in [3.05, 3.63) is 204 Å². The molecule has 61 heavy (non-hydrogen) atoms. The van der Waals surface area contributed by atoms with Gasteiger partial charge in [-0.25, -0.2) is 9.78 Å². The van der Waals surface area contributed by atoms with Crippen LogP contribution in [-0.2, 0) is 26.5 Å². The van der Waals surface area contributed by atoms with Crippen molar-refractivity contribution in [2.45, 2.75) is 26.2 Å². The average Bonchev–Trinajstić information content (AvgIpc) is 3.82. The molecule has 298 valence electrons. The van der Waals surface area contributed by atoms with E-state index in [2.05, 4.69) is 144 Å². The van der Waals surface area contributed by atoms with Crippen LogP contribution in [0.25, 0.3) is 78.3 Å². The first kappa shape index (κ1) is 38.1. The van der Waals surface area contributed by atoms with E-state index in [1.54, 1.807) is 15.3 Å². The summed E-state index contributed by atoms with van der Waals surface area (Å²) >= 11 is 0. The summed E-state index contributed by atoms with van der Waals surface area (Å²) in [6.07, 6.45) is 5.49. The molecule has 10 aromatic rings. The van der Waals surface area contributed by atoms with Gasteiger partial charge in [-0.1, -0.05) is 124 Å². The van der Waals surface area contributed by atoms with Crippen molar-refractivity contribution in [1.82, 2.24) is 18.7 Å². The maximum Gasteiger partial charge on any atom is 0.326 e. The van der Waals surface area contributed by atoms with Gasteiger partial charge in [0, 0.05) is 44.4 Å². The summed E-state index contributed by atoms with van der Waals surface area (Å²) in [5.74, 6) is 1.45. The third-order valence-corrected chi connectivity index (χ3v) is 11.3. The second-order valence-corrected chi connectivity index (χ2v) is 16.1. The first-order valence-corrected chi connectivity index (χ1v) is 20.0. The molecule has 1 aliphatic heterocycles. The number of ether oxygens (including phenoxy) is 1. The van der Waals surface area contributed by atoms with E-state index in [0.29, 0.717) is 28.4 Å². The molecule has 0 N–H and O–H groups in total. The zero-order valence-electron chi connectivity index (χ0n) is 33.5. The van der Waals surface area contributed by atoms with Crippen LogP contribution in [0.15, 0.2) is 175 Å². The molecule has 0 unspecified atom stereocenters. The van der Waals surface area contributed by atoms with Crippen LogP contribution in [-0.4, -0.2) is 18.7 Å². The zero-order valence-corrected chi connectivity index (χ0v) is 35.8. The van der Waals surface area contributed by atoms with Crippen LogP contribution in [0.4, 0.5) is 0 Å². The van der Waals surface area contributed by atoms with Gasteiger partial charge in [-0.15, -0.1) is 30.3 Å². The predicted octanol–water partition coefficient (Wildman–Crippen LogP) is 11.2. The van der Waals surface area contributed by atoms with Crippen LogP contribution in [0.5, 0.6) is 11.5 Å². The number of hydrogen-bond acceptors (Lipinski definition) is 3. The molecule has 7 nitrogen and oxygen atoms in total. The molecule has 3 aromatic heterocycles. The zero-order chi connectivity index (χ0) is 40.5. The SMILES string of the molecule is CC(C)(C)c1ccnc(-n2c(=O)n(-c3ccccc3)c3ccc(Oc4[c-]c(-n5[c-][n+]6c7c(cccc75)-c5ccccc5-c5ccccc5-c5ccccc5-6)ccc4)[c-]c32)c1.[Pt]. The van der Waals surface area contributed by atoms with Crippen molar-refractivity contribution in [2.75, 3.05) is 0 Å². The van der Waals surface area contributed by atoms with Crippen molar-refractivity contribution >= 4 is 22.1 Å². The topological polar surface area (TPSA) is 57.9 Å². The Balaban J connectivity index is 0.00000445. The second kappa shape index (κ2) is 14.9. The quantitative estimate of drug-likeness (QED) is 0.128. The van der Waals surface area contributed by atoms with Crippen LogP contribution >= 0.6 is 0 Å². The van der Waals surface area contributed by atoms with Gasteiger partial charge in [-0.05, 0) is 91.4 Å². The Morgan fingerprint density at radius 3 is 1.95 bits per heavy atom. The van der Waals surface area contributed by atoms with Crippen LogP contribution in [0.2, 0.25) is 0 Å². The Hall–Kier alpha value is -7.08. The molecule has 0 spiro atoms. The van der Waals surface area contributed by atoms with E-state index in [0.717, 1.165) is 55.9 Å². The van der Waals surface area contributed by atoms with E-state index >= 15 is 0 Å². The molecule has 0 atom stereocenters. The number of rotatable bonds is 5. The molecule has 8 heteroatoms. The fourth-order valence-electron chi connectivity index (χ4n) is 8.48. The number of nitrogens with zero attached hydrogens (tertiary/aromatic N) is 5. The first-order valence-electron chi connectivity index (χ1n) is 20.0.